The van der Waals surface area contributed by atoms with Gasteiger partial charge in [0.1, 0.15) is 0 Å². The van der Waals surface area contributed by atoms with E-state index in [1.54, 1.807) is 0 Å². The van der Waals surface area contributed by atoms with E-state index in [0.29, 0.717) is 26.2 Å². The molecule has 0 radical (unpaired) electrons. The molecule has 6 heteroatoms. The molecule has 0 saturated heterocycles. The minimum Gasteiger partial charge on any atom is -0.478 e. The lowest BCUT2D eigenvalue weighted by Crippen LogP contribution is -2.10. The summed E-state index contributed by atoms with van der Waals surface area (Å²) < 4.78 is 31.9. The molecule has 0 unspecified atom stereocenters. The average molecular weight is 259 g/mol. The van der Waals surface area contributed by atoms with E-state index in [9.17, 15) is 13.6 Å². The van der Waals surface area contributed by atoms with Crippen molar-refractivity contribution in [3.8, 4) is 0 Å². The lowest BCUT2D eigenvalue weighted by atomic mass is 10.2. The minimum absolute atomic E-state index is 0.0472. The van der Waals surface area contributed by atoms with Gasteiger partial charge < -0.3 is 15.2 Å². The normalized spacial score (nSPS) is 10.4. The number of aromatic carboxylic acids is 1. The fourth-order valence-corrected chi connectivity index (χ4v) is 1.39. The number of carbonyl (C=O) groups is 1. The standard InChI is InChI=1S/C12H15F2NO3/c1-2-18-7-3-6-15-9-5-4-8(12(16)17)10(13)11(9)14/h4-5,15H,2-3,6-7H2,1H3,(H,16,17). The van der Waals surface area contributed by atoms with Gasteiger partial charge in [-0.15, -0.1) is 0 Å². The molecule has 0 aliphatic rings. The van der Waals surface area contributed by atoms with Crippen molar-refractivity contribution in [1.82, 2.24) is 0 Å². The van der Waals surface area contributed by atoms with Crippen LogP contribution in [0, 0.1) is 11.6 Å². The Kier molecular flexibility index (Phi) is 5.51. The van der Waals surface area contributed by atoms with Crippen molar-refractivity contribution in [2.24, 2.45) is 0 Å². The van der Waals surface area contributed by atoms with Gasteiger partial charge >= 0.3 is 5.97 Å². The predicted octanol–water partition coefficient (Wildman–Crippen LogP) is 2.50. The Morgan fingerprint density at radius 1 is 1.39 bits per heavy atom. The fraction of sp³-hybridized carbons (Fsp3) is 0.417. The summed E-state index contributed by atoms with van der Waals surface area (Å²) in [6.07, 6.45) is 0.648. The molecule has 0 heterocycles. The maximum absolute atomic E-state index is 13.5. The highest BCUT2D eigenvalue weighted by molar-refractivity contribution is 5.88. The quantitative estimate of drug-likeness (QED) is 0.739. The van der Waals surface area contributed by atoms with E-state index in [-0.39, 0.29) is 5.69 Å². The lowest BCUT2D eigenvalue weighted by molar-refractivity contribution is 0.0690. The number of benzene rings is 1. The highest BCUT2D eigenvalue weighted by atomic mass is 19.2. The van der Waals surface area contributed by atoms with Gasteiger partial charge in [0.05, 0.1) is 11.3 Å². The summed E-state index contributed by atoms with van der Waals surface area (Å²) in [5.41, 5.74) is -0.721. The second-order valence-electron chi connectivity index (χ2n) is 3.57. The van der Waals surface area contributed by atoms with E-state index in [1.807, 2.05) is 6.92 Å². The molecule has 0 aliphatic heterocycles. The molecule has 0 bridgehead atoms. The van der Waals surface area contributed by atoms with E-state index in [1.165, 1.54) is 6.07 Å². The number of nitrogens with one attached hydrogen (secondary N) is 1. The summed E-state index contributed by atoms with van der Waals surface area (Å²) in [6.45, 7) is 3.42. The molecule has 2 N–H and O–H groups in total. The van der Waals surface area contributed by atoms with Gasteiger partial charge in [0.25, 0.3) is 0 Å². The number of ether oxygens (including phenoxy) is 1. The summed E-state index contributed by atoms with van der Waals surface area (Å²) in [5, 5.41) is 11.3. The SMILES string of the molecule is CCOCCCNc1ccc(C(=O)O)c(F)c1F. The van der Waals surface area contributed by atoms with E-state index in [2.05, 4.69) is 5.32 Å². The Hall–Kier alpha value is -1.69. The van der Waals surface area contributed by atoms with E-state index in [4.69, 9.17) is 9.84 Å². The largest absolute Gasteiger partial charge is 0.478 e. The van der Waals surface area contributed by atoms with Crippen LogP contribution in [0.2, 0.25) is 0 Å². The number of halogens is 2. The monoisotopic (exact) mass is 259 g/mol. The molecule has 1 aromatic rings. The third-order valence-corrected chi connectivity index (χ3v) is 2.30. The smallest absolute Gasteiger partial charge is 0.338 e. The number of anilines is 1. The summed E-state index contributed by atoms with van der Waals surface area (Å²) >= 11 is 0. The molecule has 0 amide bonds. The Balaban J connectivity index is 2.62. The average Bonchev–Trinajstić information content (AvgIpc) is 2.33. The Morgan fingerprint density at radius 3 is 2.72 bits per heavy atom. The molecule has 0 aliphatic carbocycles. The van der Waals surface area contributed by atoms with Gasteiger partial charge in [-0.1, -0.05) is 0 Å². The predicted molar refractivity (Wildman–Crippen MR) is 62.9 cm³/mol. The number of hydrogen-bond acceptors (Lipinski definition) is 3. The zero-order valence-corrected chi connectivity index (χ0v) is 10.0. The van der Waals surface area contributed by atoms with E-state index >= 15 is 0 Å². The van der Waals surface area contributed by atoms with Gasteiger partial charge in [-0.3, -0.25) is 0 Å². The molecular weight excluding hydrogens is 244 g/mol. The van der Waals surface area contributed by atoms with Crippen LogP contribution in [0.1, 0.15) is 23.7 Å². The van der Waals surface area contributed by atoms with Gasteiger partial charge in [-0.2, -0.15) is 0 Å². The maximum atomic E-state index is 13.5. The van der Waals surface area contributed by atoms with E-state index in [0.717, 1.165) is 6.07 Å². The molecule has 1 rings (SSSR count). The molecule has 4 nitrogen and oxygen atoms in total. The Bertz CT molecular complexity index is 424. The Labute approximate surface area is 104 Å². The second-order valence-corrected chi connectivity index (χ2v) is 3.57. The van der Waals surface area contributed by atoms with Crippen molar-refractivity contribution in [3.05, 3.63) is 29.3 Å². The summed E-state index contributed by atoms with van der Waals surface area (Å²) in [5.74, 6) is -4.02. The number of carboxylic acid groups (broad SMARTS) is 1. The molecule has 1 aromatic carbocycles. The van der Waals surface area contributed by atoms with Crippen LogP contribution in [0.3, 0.4) is 0 Å². The Morgan fingerprint density at radius 2 is 2.11 bits per heavy atom. The first-order valence-corrected chi connectivity index (χ1v) is 5.60. The summed E-state index contributed by atoms with van der Waals surface area (Å²) in [6, 6.07) is 2.24. The van der Waals surface area contributed by atoms with Crippen LogP contribution in [-0.4, -0.2) is 30.8 Å². The zero-order valence-electron chi connectivity index (χ0n) is 10.0. The second kappa shape index (κ2) is 6.90. The lowest BCUT2D eigenvalue weighted by Gasteiger charge is -2.09. The molecule has 100 valence electrons. The van der Waals surface area contributed by atoms with Crippen molar-refractivity contribution in [1.29, 1.82) is 0 Å². The number of carboxylic acids is 1. The highest BCUT2D eigenvalue weighted by Gasteiger charge is 2.17. The van der Waals surface area contributed by atoms with Crippen LogP contribution in [0.5, 0.6) is 0 Å². The van der Waals surface area contributed by atoms with Crippen LogP contribution in [0.4, 0.5) is 14.5 Å². The fourth-order valence-electron chi connectivity index (χ4n) is 1.39. The number of rotatable bonds is 7. The minimum atomic E-state index is -1.49. The van der Waals surface area contributed by atoms with Crippen molar-refractivity contribution in [2.45, 2.75) is 13.3 Å². The molecule has 0 atom stereocenters. The van der Waals surface area contributed by atoms with E-state index < -0.39 is 23.2 Å². The topological polar surface area (TPSA) is 58.6 Å². The number of hydrogen-bond donors (Lipinski definition) is 2. The van der Waals surface area contributed by atoms with Crippen LogP contribution < -0.4 is 5.32 Å². The maximum Gasteiger partial charge on any atom is 0.338 e. The van der Waals surface area contributed by atoms with Gasteiger partial charge in [0.15, 0.2) is 11.6 Å². The first kappa shape index (κ1) is 14.4. The van der Waals surface area contributed by atoms with Crippen molar-refractivity contribution in [2.75, 3.05) is 25.1 Å². The first-order valence-electron chi connectivity index (χ1n) is 5.60. The summed E-state index contributed by atoms with van der Waals surface area (Å²) in [7, 11) is 0. The van der Waals surface area contributed by atoms with Gasteiger partial charge in [0, 0.05) is 19.8 Å². The van der Waals surface area contributed by atoms with Crippen LogP contribution >= 0.6 is 0 Å². The van der Waals surface area contributed by atoms with Crippen molar-refractivity contribution >= 4 is 11.7 Å². The van der Waals surface area contributed by atoms with Gasteiger partial charge in [0.2, 0.25) is 0 Å². The molecule has 0 fully saturated rings. The summed E-state index contributed by atoms with van der Waals surface area (Å²) in [4.78, 5) is 10.6. The first-order chi connectivity index (χ1) is 8.57. The molecule has 18 heavy (non-hydrogen) atoms. The van der Waals surface area contributed by atoms with Gasteiger partial charge in [-0.25, -0.2) is 13.6 Å². The van der Waals surface area contributed by atoms with Crippen LogP contribution in [0.15, 0.2) is 12.1 Å². The molecule has 0 aromatic heterocycles. The zero-order chi connectivity index (χ0) is 13.5. The van der Waals surface area contributed by atoms with Crippen molar-refractivity contribution in [3.63, 3.8) is 0 Å². The van der Waals surface area contributed by atoms with Crippen LogP contribution in [-0.2, 0) is 4.74 Å². The molecule has 0 spiro atoms. The van der Waals surface area contributed by atoms with Gasteiger partial charge in [-0.05, 0) is 25.5 Å². The van der Waals surface area contributed by atoms with Crippen LogP contribution in [0.25, 0.3) is 0 Å². The highest BCUT2D eigenvalue weighted by Crippen LogP contribution is 2.20. The molecular formula is C12H15F2NO3. The molecule has 0 saturated carbocycles. The third-order valence-electron chi connectivity index (χ3n) is 2.30. The third kappa shape index (κ3) is 3.66. The van der Waals surface area contributed by atoms with Crippen molar-refractivity contribution < 1.29 is 23.4 Å².